The normalized spacial score (nSPS) is 11.1. The van der Waals surface area contributed by atoms with Crippen molar-refractivity contribution >= 4 is 33.1 Å². The van der Waals surface area contributed by atoms with Crippen molar-refractivity contribution in [3.05, 3.63) is 51.4 Å². The van der Waals surface area contributed by atoms with Crippen LogP contribution < -0.4 is 15.6 Å². The van der Waals surface area contributed by atoms with E-state index in [0.29, 0.717) is 33.4 Å². The highest BCUT2D eigenvalue weighted by Gasteiger charge is 2.14. The van der Waals surface area contributed by atoms with Gasteiger partial charge in [0.1, 0.15) is 16.4 Å². The number of aromatic nitrogens is 2. The van der Waals surface area contributed by atoms with Gasteiger partial charge < -0.3 is 15.0 Å². The van der Waals surface area contributed by atoms with Gasteiger partial charge in [-0.1, -0.05) is 13.8 Å². The summed E-state index contributed by atoms with van der Waals surface area (Å²) in [6, 6.07) is 7.05. The number of benzene rings is 1. The molecule has 2 N–H and O–H groups in total. The van der Waals surface area contributed by atoms with Crippen LogP contribution in [0.3, 0.4) is 0 Å². The van der Waals surface area contributed by atoms with E-state index in [9.17, 15) is 9.59 Å². The van der Waals surface area contributed by atoms with Crippen LogP contribution in [0.5, 0.6) is 5.75 Å². The van der Waals surface area contributed by atoms with Gasteiger partial charge in [-0.05, 0) is 47.5 Å². The molecule has 7 heteroatoms. The maximum Gasteiger partial charge on any atom is 0.259 e. The number of methoxy groups -OCH3 is 1. The average molecular weight is 371 g/mol. The third kappa shape index (κ3) is 4.11. The average Bonchev–Trinajstić information content (AvgIpc) is 2.98. The number of amides is 1. The summed E-state index contributed by atoms with van der Waals surface area (Å²) in [5, 5.41) is 5.41. The number of H-pyrrole nitrogens is 1. The Morgan fingerprint density at radius 2 is 2.04 bits per heavy atom. The lowest BCUT2D eigenvalue weighted by Crippen LogP contribution is -2.19. The molecule has 3 aromatic rings. The Bertz CT molecular complexity index is 974. The van der Waals surface area contributed by atoms with Gasteiger partial charge in [-0.15, -0.1) is 11.3 Å². The molecule has 1 amide bonds. The fraction of sp³-hybridized carbons (Fsp3) is 0.316. The van der Waals surface area contributed by atoms with Gasteiger partial charge in [0.15, 0.2) is 0 Å². The zero-order valence-electron chi connectivity index (χ0n) is 15.0. The van der Waals surface area contributed by atoms with Gasteiger partial charge in [0, 0.05) is 5.69 Å². The van der Waals surface area contributed by atoms with Crippen LogP contribution in [0.2, 0.25) is 0 Å². The summed E-state index contributed by atoms with van der Waals surface area (Å²) in [6.45, 7) is 4.23. The molecule has 1 aromatic carbocycles. The number of rotatable bonds is 6. The van der Waals surface area contributed by atoms with E-state index < -0.39 is 0 Å². The maximum absolute atomic E-state index is 12.4. The fourth-order valence-corrected chi connectivity index (χ4v) is 3.73. The predicted molar refractivity (Wildman–Crippen MR) is 104 cm³/mol. The Morgan fingerprint density at radius 3 is 2.69 bits per heavy atom. The molecule has 0 bridgehead atoms. The van der Waals surface area contributed by atoms with Crippen molar-refractivity contribution in [3.8, 4) is 5.75 Å². The molecule has 136 valence electrons. The van der Waals surface area contributed by atoms with Crippen LogP contribution in [-0.2, 0) is 17.6 Å². The number of hydrogen-bond donors (Lipinski definition) is 2. The highest BCUT2D eigenvalue weighted by Crippen LogP contribution is 2.23. The zero-order valence-corrected chi connectivity index (χ0v) is 15.8. The van der Waals surface area contributed by atoms with Gasteiger partial charge in [-0.25, -0.2) is 4.98 Å². The Hall–Kier alpha value is -2.67. The molecule has 0 fully saturated rings. The number of ether oxygens (including phenoxy) is 1. The Labute approximate surface area is 155 Å². The minimum atomic E-state index is -0.239. The third-order valence-electron chi connectivity index (χ3n) is 3.90. The standard InChI is InChI=1S/C19H21N3O3S/c1-11(2)8-12-10-26-19-17(12)18(24)21-15(22-19)9-16(23)20-13-4-6-14(25-3)7-5-13/h4-7,10-11H,8-9H2,1-3H3,(H,20,23)(H,21,22,24). The molecule has 0 unspecified atom stereocenters. The number of fused-ring (bicyclic) bond motifs is 1. The van der Waals surface area contributed by atoms with Gasteiger partial charge in [-0.3, -0.25) is 9.59 Å². The van der Waals surface area contributed by atoms with Crippen LogP contribution in [-0.4, -0.2) is 23.0 Å². The van der Waals surface area contributed by atoms with Gasteiger partial charge in [0.05, 0.1) is 18.9 Å². The smallest absolute Gasteiger partial charge is 0.259 e. The summed E-state index contributed by atoms with van der Waals surface area (Å²) in [6.07, 6.45) is 0.844. The number of hydrogen-bond acceptors (Lipinski definition) is 5. The summed E-state index contributed by atoms with van der Waals surface area (Å²) in [5.74, 6) is 1.31. The van der Waals surface area contributed by atoms with E-state index in [1.807, 2.05) is 5.38 Å². The molecule has 2 heterocycles. The van der Waals surface area contributed by atoms with E-state index >= 15 is 0 Å². The SMILES string of the molecule is COc1ccc(NC(=O)Cc2nc3scc(CC(C)C)c3c(=O)[nH]2)cc1. The van der Waals surface area contributed by atoms with Gasteiger partial charge >= 0.3 is 0 Å². The van der Waals surface area contributed by atoms with E-state index in [1.54, 1.807) is 31.4 Å². The molecule has 26 heavy (non-hydrogen) atoms. The Morgan fingerprint density at radius 1 is 1.31 bits per heavy atom. The lowest BCUT2D eigenvalue weighted by Gasteiger charge is -2.06. The van der Waals surface area contributed by atoms with Crippen molar-refractivity contribution in [2.24, 2.45) is 5.92 Å². The van der Waals surface area contributed by atoms with Crippen molar-refractivity contribution in [1.29, 1.82) is 0 Å². The monoisotopic (exact) mass is 371 g/mol. The van der Waals surface area contributed by atoms with Crippen molar-refractivity contribution < 1.29 is 9.53 Å². The molecule has 0 radical (unpaired) electrons. The molecule has 3 rings (SSSR count). The number of carbonyl (C=O) groups excluding carboxylic acids is 1. The molecule has 2 aromatic heterocycles. The minimum absolute atomic E-state index is 0.00855. The predicted octanol–water partition coefficient (Wildman–Crippen LogP) is 3.37. The largest absolute Gasteiger partial charge is 0.497 e. The Kier molecular flexibility index (Phi) is 5.37. The first kappa shape index (κ1) is 18.1. The first-order valence-corrected chi connectivity index (χ1v) is 9.27. The van der Waals surface area contributed by atoms with Crippen molar-refractivity contribution in [3.63, 3.8) is 0 Å². The molecule has 0 saturated carbocycles. The van der Waals surface area contributed by atoms with Crippen molar-refractivity contribution in [2.75, 3.05) is 12.4 Å². The number of nitrogens with zero attached hydrogens (tertiary/aromatic N) is 1. The highest BCUT2D eigenvalue weighted by molar-refractivity contribution is 7.16. The number of thiophene rings is 1. The van der Waals surface area contributed by atoms with Crippen LogP contribution >= 0.6 is 11.3 Å². The van der Waals surface area contributed by atoms with Crippen LogP contribution in [0, 0.1) is 5.92 Å². The van der Waals surface area contributed by atoms with Gasteiger partial charge in [0.25, 0.3) is 5.56 Å². The van der Waals surface area contributed by atoms with Crippen molar-refractivity contribution in [2.45, 2.75) is 26.7 Å². The minimum Gasteiger partial charge on any atom is -0.497 e. The first-order valence-electron chi connectivity index (χ1n) is 8.39. The molecule has 0 atom stereocenters. The van der Waals surface area contributed by atoms with E-state index in [1.165, 1.54) is 11.3 Å². The second-order valence-electron chi connectivity index (χ2n) is 6.51. The summed E-state index contributed by atoms with van der Waals surface area (Å²) in [7, 11) is 1.59. The second-order valence-corrected chi connectivity index (χ2v) is 7.36. The molecule has 0 spiro atoms. The van der Waals surface area contributed by atoms with E-state index in [-0.39, 0.29) is 17.9 Å². The van der Waals surface area contributed by atoms with E-state index in [0.717, 1.165) is 12.0 Å². The molecule has 0 aliphatic rings. The Balaban J connectivity index is 1.75. The van der Waals surface area contributed by atoms with Crippen molar-refractivity contribution in [1.82, 2.24) is 9.97 Å². The second kappa shape index (κ2) is 7.70. The molecule has 0 aliphatic carbocycles. The molecule has 0 aliphatic heterocycles. The molecule has 0 saturated heterocycles. The number of aromatic amines is 1. The lowest BCUT2D eigenvalue weighted by molar-refractivity contribution is -0.115. The topological polar surface area (TPSA) is 84.1 Å². The molecule has 6 nitrogen and oxygen atoms in total. The highest BCUT2D eigenvalue weighted by atomic mass is 32.1. The maximum atomic E-state index is 12.4. The van der Waals surface area contributed by atoms with Crippen LogP contribution in [0.15, 0.2) is 34.4 Å². The first-order chi connectivity index (χ1) is 12.5. The fourth-order valence-electron chi connectivity index (χ4n) is 2.76. The number of nitrogens with one attached hydrogen (secondary N) is 2. The summed E-state index contributed by atoms with van der Waals surface area (Å²) >= 11 is 1.44. The van der Waals surface area contributed by atoms with Gasteiger partial charge in [-0.2, -0.15) is 0 Å². The number of anilines is 1. The van der Waals surface area contributed by atoms with Gasteiger partial charge in [0.2, 0.25) is 5.91 Å². The van der Waals surface area contributed by atoms with Crippen LogP contribution in [0.1, 0.15) is 25.2 Å². The van der Waals surface area contributed by atoms with Crippen LogP contribution in [0.25, 0.3) is 10.2 Å². The summed E-state index contributed by atoms with van der Waals surface area (Å²) in [4.78, 5) is 32.5. The lowest BCUT2D eigenvalue weighted by atomic mass is 10.0. The van der Waals surface area contributed by atoms with E-state index in [4.69, 9.17) is 4.74 Å². The third-order valence-corrected chi connectivity index (χ3v) is 4.82. The summed E-state index contributed by atoms with van der Waals surface area (Å²) < 4.78 is 5.09. The van der Waals surface area contributed by atoms with E-state index in [2.05, 4.69) is 29.1 Å². The summed E-state index contributed by atoms with van der Waals surface area (Å²) in [5.41, 5.74) is 1.50. The number of carbonyl (C=O) groups is 1. The molecular formula is C19H21N3O3S. The zero-order chi connectivity index (χ0) is 18.7. The quantitative estimate of drug-likeness (QED) is 0.696. The van der Waals surface area contributed by atoms with Crippen LogP contribution in [0.4, 0.5) is 5.69 Å². The molecular weight excluding hydrogens is 350 g/mol.